The van der Waals surface area contributed by atoms with Gasteiger partial charge in [-0.3, -0.25) is 9.59 Å². The van der Waals surface area contributed by atoms with E-state index in [4.69, 9.17) is 0 Å². The number of halogens is 3. The van der Waals surface area contributed by atoms with Gasteiger partial charge in [0, 0.05) is 5.69 Å². The summed E-state index contributed by atoms with van der Waals surface area (Å²) in [5.41, 5.74) is 2.17. The molecule has 1 aromatic carbocycles. The van der Waals surface area contributed by atoms with Crippen molar-refractivity contribution in [2.45, 2.75) is 26.4 Å². The Morgan fingerprint density at radius 3 is 2.25 bits per heavy atom. The standard InChI is InChI=1S/C13H14F3NO3/c1-8-4-3-5-9(2)12(8)17-10(18)7-20-11(19)6-13(14,15)16/h3-5H,6-7H2,1-2H3,(H,17,18). The van der Waals surface area contributed by atoms with E-state index in [0.717, 1.165) is 11.1 Å². The first-order valence-electron chi connectivity index (χ1n) is 5.77. The molecule has 1 aromatic rings. The Labute approximate surface area is 113 Å². The van der Waals surface area contributed by atoms with Gasteiger partial charge in [-0.15, -0.1) is 0 Å². The summed E-state index contributed by atoms with van der Waals surface area (Å²) in [6.45, 7) is 2.80. The van der Waals surface area contributed by atoms with Gasteiger partial charge < -0.3 is 10.1 Å². The smallest absolute Gasteiger partial charge is 0.399 e. The predicted octanol–water partition coefficient (Wildman–Crippen LogP) is 2.74. The van der Waals surface area contributed by atoms with Crippen molar-refractivity contribution < 1.29 is 27.5 Å². The molecular weight excluding hydrogens is 275 g/mol. The highest BCUT2D eigenvalue weighted by molar-refractivity contribution is 5.94. The minimum atomic E-state index is -4.64. The summed E-state index contributed by atoms with van der Waals surface area (Å²) in [4.78, 5) is 22.3. The quantitative estimate of drug-likeness (QED) is 0.867. The molecule has 7 heteroatoms. The van der Waals surface area contributed by atoms with E-state index >= 15 is 0 Å². The topological polar surface area (TPSA) is 55.4 Å². The van der Waals surface area contributed by atoms with E-state index in [1.807, 2.05) is 6.07 Å². The van der Waals surface area contributed by atoms with Crippen LogP contribution in [0.1, 0.15) is 17.5 Å². The van der Waals surface area contributed by atoms with E-state index in [1.54, 1.807) is 26.0 Å². The van der Waals surface area contributed by atoms with Crippen LogP contribution in [0.15, 0.2) is 18.2 Å². The van der Waals surface area contributed by atoms with Crippen molar-refractivity contribution in [3.05, 3.63) is 29.3 Å². The van der Waals surface area contributed by atoms with Gasteiger partial charge in [0.1, 0.15) is 6.42 Å². The zero-order chi connectivity index (χ0) is 15.3. The average molecular weight is 289 g/mol. The van der Waals surface area contributed by atoms with E-state index in [9.17, 15) is 22.8 Å². The van der Waals surface area contributed by atoms with E-state index in [1.165, 1.54) is 0 Å². The highest BCUT2D eigenvalue weighted by atomic mass is 19.4. The number of rotatable bonds is 4. The molecule has 0 aromatic heterocycles. The Kier molecular flexibility index (Phi) is 5.12. The largest absolute Gasteiger partial charge is 0.455 e. The molecule has 0 aliphatic carbocycles. The second-order valence-electron chi connectivity index (χ2n) is 4.27. The maximum atomic E-state index is 11.9. The summed E-state index contributed by atoms with van der Waals surface area (Å²) in [6, 6.07) is 5.36. The van der Waals surface area contributed by atoms with Crippen molar-refractivity contribution in [3.8, 4) is 0 Å². The molecule has 0 saturated carbocycles. The van der Waals surface area contributed by atoms with Crippen molar-refractivity contribution in [1.29, 1.82) is 0 Å². The lowest BCUT2D eigenvalue weighted by molar-refractivity contribution is -0.172. The van der Waals surface area contributed by atoms with Crippen molar-refractivity contribution in [2.24, 2.45) is 0 Å². The van der Waals surface area contributed by atoms with Crippen LogP contribution in [0.25, 0.3) is 0 Å². The van der Waals surface area contributed by atoms with E-state index < -0.39 is 31.1 Å². The van der Waals surface area contributed by atoms with Crippen LogP contribution >= 0.6 is 0 Å². The normalized spacial score (nSPS) is 11.1. The molecule has 0 heterocycles. The van der Waals surface area contributed by atoms with Crippen molar-refractivity contribution in [3.63, 3.8) is 0 Å². The number of carbonyl (C=O) groups is 2. The fourth-order valence-corrected chi connectivity index (χ4v) is 1.55. The number of carbonyl (C=O) groups excluding carboxylic acids is 2. The van der Waals surface area contributed by atoms with Gasteiger partial charge in [0.15, 0.2) is 6.61 Å². The lowest BCUT2D eigenvalue weighted by Crippen LogP contribution is -2.24. The second kappa shape index (κ2) is 6.40. The number of hydrogen-bond donors (Lipinski definition) is 1. The maximum Gasteiger partial charge on any atom is 0.399 e. The van der Waals surface area contributed by atoms with Gasteiger partial charge in [-0.2, -0.15) is 13.2 Å². The maximum absolute atomic E-state index is 11.9. The Morgan fingerprint density at radius 2 is 1.75 bits per heavy atom. The Hall–Kier alpha value is -2.05. The van der Waals surface area contributed by atoms with Gasteiger partial charge in [-0.05, 0) is 25.0 Å². The summed E-state index contributed by atoms with van der Waals surface area (Å²) >= 11 is 0. The minimum Gasteiger partial charge on any atom is -0.455 e. The van der Waals surface area contributed by atoms with Crippen molar-refractivity contribution >= 4 is 17.6 Å². The molecule has 1 amide bonds. The monoisotopic (exact) mass is 289 g/mol. The lowest BCUT2D eigenvalue weighted by Gasteiger charge is -2.12. The van der Waals surface area contributed by atoms with Gasteiger partial charge in [0.2, 0.25) is 0 Å². The van der Waals surface area contributed by atoms with Crippen LogP contribution in [-0.4, -0.2) is 24.7 Å². The predicted molar refractivity (Wildman–Crippen MR) is 66.2 cm³/mol. The summed E-state index contributed by atoms with van der Waals surface area (Å²) in [7, 11) is 0. The van der Waals surface area contributed by atoms with Gasteiger partial charge in [0.05, 0.1) is 0 Å². The number of aryl methyl sites for hydroxylation is 2. The Balaban J connectivity index is 2.51. The van der Waals surface area contributed by atoms with Crippen LogP contribution in [0.2, 0.25) is 0 Å². The molecule has 20 heavy (non-hydrogen) atoms. The van der Waals surface area contributed by atoms with E-state index in [-0.39, 0.29) is 0 Å². The molecule has 0 spiro atoms. The van der Waals surface area contributed by atoms with Gasteiger partial charge >= 0.3 is 12.1 Å². The molecule has 0 aliphatic rings. The molecule has 0 radical (unpaired) electrons. The number of hydrogen-bond acceptors (Lipinski definition) is 3. The zero-order valence-electron chi connectivity index (χ0n) is 11.0. The van der Waals surface area contributed by atoms with Crippen molar-refractivity contribution in [1.82, 2.24) is 0 Å². The number of benzene rings is 1. The van der Waals surface area contributed by atoms with E-state index in [0.29, 0.717) is 5.69 Å². The Morgan fingerprint density at radius 1 is 1.20 bits per heavy atom. The molecule has 0 aliphatic heterocycles. The zero-order valence-corrected chi connectivity index (χ0v) is 11.0. The SMILES string of the molecule is Cc1cccc(C)c1NC(=O)COC(=O)CC(F)(F)F. The first-order valence-corrected chi connectivity index (χ1v) is 5.77. The van der Waals surface area contributed by atoms with Crippen molar-refractivity contribution in [2.75, 3.05) is 11.9 Å². The number of esters is 1. The molecule has 0 fully saturated rings. The molecule has 0 unspecified atom stereocenters. The molecule has 0 bridgehead atoms. The molecule has 110 valence electrons. The second-order valence-corrected chi connectivity index (χ2v) is 4.27. The van der Waals surface area contributed by atoms with Gasteiger partial charge in [-0.1, -0.05) is 18.2 Å². The molecule has 4 nitrogen and oxygen atoms in total. The van der Waals surface area contributed by atoms with Crippen LogP contribution in [-0.2, 0) is 14.3 Å². The third kappa shape index (κ3) is 5.29. The molecule has 1 rings (SSSR count). The first kappa shape index (κ1) is 16.0. The Bertz CT molecular complexity index is 492. The molecule has 0 atom stereocenters. The number of nitrogens with one attached hydrogen (secondary N) is 1. The van der Waals surface area contributed by atoms with Gasteiger partial charge in [-0.25, -0.2) is 0 Å². The summed E-state index contributed by atoms with van der Waals surface area (Å²) in [6.07, 6.45) is -6.34. The summed E-state index contributed by atoms with van der Waals surface area (Å²) in [5.74, 6) is -2.16. The first-order chi connectivity index (χ1) is 9.19. The third-order valence-corrected chi connectivity index (χ3v) is 2.45. The fourth-order valence-electron chi connectivity index (χ4n) is 1.55. The van der Waals surface area contributed by atoms with Crippen LogP contribution < -0.4 is 5.32 Å². The minimum absolute atomic E-state index is 0.560. The van der Waals surface area contributed by atoms with Crippen LogP contribution in [0.3, 0.4) is 0 Å². The average Bonchev–Trinajstić information content (AvgIpc) is 2.29. The summed E-state index contributed by atoms with van der Waals surface area (Å²) in [5, 5.41) is 2.50. The molecular formula is C13H14F3NO3. The number of alkyl halides is 3. The number of para-hydroxylation sites is 1. The van der Waals surface area contributed by atoms with Crippen LogP contribution in [0, 0.1) is 13.8 Å². The lowest BCUT2D eigenvalue weighted by atomic mass is 10.1. The number of amides is 1. The summed E-state index contributed by atoms with van der Waals surface area (Å²) < 4.78 is 39.9. The van der Waals surface area contributed by atoms with Crippen LogP contribution in [0.5, 0.6) is 0 Å². The number of anilines is 1. The van der Waals surface area contributed by atoms with Gasteiger partial charge in [0.25, 0.3) is 5.91 Å². The molecule has 0 saturated heterocycles. The highest BCUT2D eigenvalue weighted by Crippen LogP contribution is 2.20. The third-order valence-electron chi connectivity index (χ3n) is 2.45. The molecule has 1 N–H and O–H groups in total. The highest BCUT2D eigenvalue weighted by Gasteiger charge is 2.32. The van der Waals surface area contributed by atoms with Crippen LogP contribution in [0.4, 0.5) is 18.9 Å². The fraction of sp³-hybridized carbons (Fsp3) is 0.385. The number of ether oxygens (including phenoxy) is 1. The van der Waals surface area contributed by atoms with E-state index in [2.05, 4.69) is 10.1 Å².